The van der Waals surface area contributed by atoms with Crippen LogP contribution in [0.2, 0.25) is 0 Å². The van der Waals surface area contributed by atoms with Crippen LogP contribution in [0.15, 0.2) is 18.2 Å². The van der Waals surface area contributed by atoms with E-state index in [0.717, 1.165) is 3.57 Å². The van der Waals surface area contributed by atoms with E-state index >= 15 is 0 Å². The van der Waals surface area contributed by atoms with Crippen LogP contribution in [0.4, 0.5) is 4.39 Å². The molecule has 0 aromatic heterocycles. The molecule has 0 heterocycles. The third-order valence-corrected chi connectivity index (χ3v) is 2.22. The molecule has 5 heteroatoms. The van der Waals surface area contributed by atoms with Gasteiger partial charge in [-0.25, -0.2) is 9.18 Å². The predicted molar refractivity (Wildman–Crippen MR) is 56.8 cm³/mol. The highest BCUT2D eigenvalue weighted by Gasteiger charge is 2.14. The molecule has 76 valence electrons. The summed E-state index contributed by atoms with van der Waals surface area (Å²) in [5, 5.41) is 8.54. The zero-order chi connectivity index (χ0) is 10.7. The van der Waals surface area contributed by atoms with Crippen molar-refractivity contribution in [1.82, 2.24) is 0 Å². The van der Waals surface area contributed by atoms with Crippen molar-refractivity contribution >= 4 is 28.6 Å². The Kier molecular flexibility index (Phi) is 3.68. The number of aliphatic carboxylic acids is 1. The average Bonchev–Trinajstić information content (AvgIpc) is 2.09. The van der Waals surface area contributed by atoms with Crippen molar-refractivity contribution in [3.63, 3.8) is 0 Å². The molecule has 3 nitrogen and oxygen atoms in total. The molecule has 0 aliphatic carbocycles. The molecule has 1 unspecified atom stereocenters. The van der Waals surface area contributed by atoms with E-state index in [0.29, 0.717) is 0 Å². The number of ether oxygens (including phenoxy) is 1. The molecule has 0 bridgehead atoms. The maximum Gasteiger partial charge on any atom is 0.344 e. The normalized spacial score (nSPS) is 12.2. The van der Waals surface area contributed by atoms with E-state index in [-0.39, 0.29) is 5.75 Å². The number of carbonyl (C=O) groups is 1. The third-order valence-electron chi connectivity index (χ3n) is 1.55. The molecule has 0 aliphatic rings. The number of carboxylic acid groups (broad SMARTS) is 1. The first-order valence-corrected chi connectivity index (χ1v) is 4.93. The number of hydrogen-bond acceptors (Lipinski definition) is 2. The molecule has 1 rings (SSSR count). The molecular formula is C9H8FIO3. The van der Waals surface area contributed by atoms with Gasteiger partial charge in [-0.05, 0) is 47.7 Å². The molecule has 0 spiro atoms. The largest absolute Gasteiger partial charge is 0.479 e. The lowest BCUT2D eigenvalue weighted by Crippen LogP contribution is -2.23. The molecule has 0 saturated carbocycles. The summed E-state index contributed by atoms with van der Waals surface area (Å²) in [6, 6.07) is 4.34. The van der Waals surface area contributed by atoms with Crippen LogP contribution in [0.5, 0.6) is 5.75 Å². The molecule has 0 saturated heterocycles. The van der Waals surface area contributed by atoms with Crippen LogP contribution >= 0.6 is 22.6 Å². The van der Waals surface area contributed by atoms with Gasteiger partial charge in [-0.1, -0.05) is 0 Å². The number of halogens is 2. The van der Waals surface area contributed by atoms with Gasteiger partial charge in [0, 0.05) is 3.57 Å². The second-order valence-corrected chi connectivity index (χ2v) is 3.92. The van der Waals surface area contributed by atoms with E-state index in [2.05, 4.69) is 0 Å². The molecule has 1 atom stereocenters. The smallest absolute Gasteiger partial charge is 0.344 e. The second kappa shape index (κ2) is 4.59. The maximum atomic E-state index is 13.2. The Balaban J connectivity index is 2.82. The highest BCUT2D eigenvalue weighted by molar-refractivity contribution is 14.1. The topological polar surface area (TPSA) is 46.5 Å². The zero-order valence-corrected chi connectivity index (χ0v) is 9.49. The van der Waals surface area contributed by atoms with Gasteiger partial charge >= 0.3 is 5.97 Å². The fourth-order valence-electron chi connectivity index (χ4n) is 0.812. The Labute approximate surface area is 94.0 Å². The predicted octanol–water partition coefficient (Wildman–Crippen LogP) is 2.28. The first kappa shape index (κ1) is 11.2. The minimum atomic E-state index is -1.12. The van der Waals surface area contributed by atoms with E-state index in [1.807, 2.05) is 22.6 Å². The SMILES string of the molecule is CC(Oc1ccc(I)cc1F)C(=O)O. The molecular weight excluding hydrogens is 302 g/mol. The Morgan fingerprint density at radius 2 is 2.29 bits per heavy atom. The molecule has 0 fully saturated rings. The van der Waals surface area contributed by atoms with Gasteiger partial charge in [-0.3, -0.25) is 0 Å². The van der Waals surface area contributed by atoms with Crippen molar-refractivity contribution in [3.8, 4) is 5.75 Å². The van der Waals surface area contributed by atoms with Gasteiger partial charge in [-0.2, -0.15) is 0 Å². The Morgan fingerprint density at radius 3 is 2.79 bits per heavy atom. The van der Waals surface area contributed by atoms with Crippen LogP contribution in [-0.4, -0.2) is 17.2 Å². The van der Waals surface area contributed by atoms with Crippen molar-refractivity contribution in [1.29, 1.82) is 0 Å². The van der Waals surface area contributed by atoms with Gasteiger partial charge in [0.1, 0.15) is 0 Å². The monoisotopic (exact) mass is 310 g/mol. The minimum Gasteiger partial charge on any atom is -0.479 e. The highest BCUT2D eigenvalue weighted by atomic mass is 127. The summed E-state index contributed by atoms with van der Waals surface area (Å²) >= 11 is 1.96. The van der Waals surface area contributed by atoms with Crippen molar-refractivity contribution < 1.29 is 19.0 Å². The minimum absolute atomic E-state index is 0.0414. The van der Waals surface area contributed by atoms with Crippen LogP contribution < -0.4 is 4.74 Å². The number of rotatable bonds is 3. The van der Waals surface area contributed by atoms with E-state index < -0.39 is 17.9 Å². The van der Waals surface area contributed by atoms with Crippen molar-refractivity contribution in [2.24, 2.45) is 0 Å². The van der Waals surface area contributed by atoms with Gasteiger partial charge in [0.15, 0.2) is 17.7 Å². The van der Waals surface area contributed by atoms with Crippen LogP contribution in [0.3, 0.4) is 0 Å². The first-order valence-electron chi connectivity index (χ1n) is 3.85. The van der Waals surface area contributed by atoms with E-state index in [1.54, 1.807) is 6.07 Å². The molecule has 0 aliphatic heterocycles. The standard InChI is InChI=1S/C9H8FIO3/c1-5(9(12)13)14-8-3-2-6(11)4-7(8)10/h2-5H,1H3,(H,12,13). The molecule has 0 radical (unpaired) electrons. The van der Waals surface area contributed by atoms with Crippen LogP contribution in [0.25, 0.3) is 0 Å². The summed E-state index contributed by atoms with van der Waals surface area (Å²) < 4.78 is 18.8. The fourth-order valence-corrected chi connectivity index (χ4v) is 1.26. The van der Waals surface area contributed by atoms with Crippen molar-refractivity contribution in [2.75, 3.05) is 0 Å². The first-order chi connectivity index (χ1) is 6.50. The average molecular weight is 310 g/mol. The van der Waals surface area contributed by atoms with Crippen molar-refractivity contribution in [3.05, 3.63) is 27.6 Å². The van der Waals surface area contributed by atoms with Crippen molar-refractivity contribution in [2.45, 2.75) is 13.0 Å². The van der Waals surface area contributed by atoms with Gasteiger partial charge in [-0.15, -0.1) is 0 Å². The Morgan fingerprint density at radius 1 is 1.64 bits per heavy atom. The number of carboxylic acids is 1. The molecule has 14 heavy (non-hydrogen) atoms. The van der Waals surface area contributed by atoms with Gasteiger partial charge in [0.05, 0.1) is 0 Å². The summed E-state index contributed by atoms with van der Waals surface area (Å²) in [5.74, 6) is -1.71. The zero-order valence-electron chi connectivity index (χ0n) is 7.33. The lowest BCUT2D eigenvalue weighted by Gasteiger charge is -2.10. The van der Waals surface area contributed by atoms with E-state index in [9.17, 15) is 9.18 Å². The lowest BCUT2D eigenvalue weighted by atomic mass is 10.3. The van der Waals surface area contributed by atoms with Crippen LogP contribution in [0.1, 0.15) is 6.92 Å². The number of hydrogen-bond donors (Lipinski definition) is 1. The van der Waals surface area contributed by atoms with Gasteiger partial charge in [0.25, 0.3) is 0 Å². The molecule has 1 N–H and O–H groups in total. The maximum absolute atomic E-state index is 13.2. The summed E-state index contributed by atoms with van der Waals surface area (Å²) in [6.07, 6.45) is -1.05. The Hall–Kier alpha value is -0.850. The summed E-state index contributed by atoms with van der Waals surface area (Å²) in [7, 11) is 0. The summed E-state index contributed by atoms with van der Waals surface area (Å²) in [5.41, 5.74) is 0. The quantitative estimate of drug-likeness (QED) is 0.871. The molecule has 0 amide bonds. The third kappa shape index (κ3) is 2.83. The lowest BCUT2D eigenvalue weighted by molar-refractivity contribution is -0.144. The van der Waals surface area contributed by atoms with Gasteiger partial charge < -0.3 is 9.84 Å². The van der Waals surface area contributed by atoms with E-state index in [4.69, 9.17) is 9.84 Å². The summed E-state index contributed by atoms with van der Waals surface area (Å²) in [4.78, 5) is 10.4. The highest BCUT2D eigenvalue weighted by Crippen LogP contribution is 2.20. The summed E-state index contributed by atoms with van der Waals surface area (Å²) in [6.45, 7) is 1.35. The number of benzene rings is 1. The fraction of sp³-hybridized carbons (Fsp3) is 0.222. The molecule has 1 aromatic rings. The Bertz CT molecular complexity index is 354. The van der Waals surface area contributed by atoms with Crippen LogP contribution in [0, 0.1) is 9.39 Å². The molecule has 1 aromatic carbocycles. The van der Waals surface area contributed by atoms with Gasteiger partial charge in [0.2, 0.25) is 0 Å². The van der Waals surface area contributed by atoms with Crippen LogP contribution in [-0.2, 0) is 4.79 Å². The van der Waals surface area contributed by atoms with E-state index in [1.165, 1.54) is 19.1 Å². The second-order valence-electron chi connectivity index (χ2n) is 2.67.